The maximum Gasteiger partial charge on any atom is 0.475 e. The second-order valence-corrected chi connectivity index (χ2v) is 10.2. The van der Waals surface area contributed by atoms with Gasteiger partial charge in [-0.05, 0) is 48.8 Å². The summed E-state index contributed by atoms with van der Waals surface area (Å²) in [5.41, 5.74) is 1.67. The molecule has 0 saturated carbocycles. The van der Waals surface area contributed by atoms with Crippen molar-refractivity contribution in [2.75, 3.05) is 5.75 Å². The predicted molar refractivity (Wildman–Crippen MR) is 115 cm³/mol. The fraction of sp³-hybridized carbons (Fsp3) is 0.632. The lowest BCUT2D eigenvalue weighted by Crippen LogP contribution is -2.47. The smallest absolute Gasteiger partial charge is 0.475 e. The molecule has 1 fully saturated rings. The van der Waals surface area contributed by atoms with Crippen molar-refractivity contribution in [1.29, 1.82) is 0 Å². The van der Waals surface area contributed by atoms with Crippen molar-refractivity contribution in [2.24, 2.45) is 0 Å². The van der Waals surface area contributed by atoms with Crippen LogP contribution in [-0.4, -0.2) is 45.1 Å². The summed E-state index contributed by atoms with van der Waals surface area (Å²) in [6, 6.07) is 5.23. The van der Waals surface area contributed by atoms with Crippen molar-refractivity contribution >= 4 is 34.6 Å². The van der Waals surface area contributed by atoms with Crippen LogP contribution in [0.2, 0.25) is 0 Å². The fourth-order valence-electron chi connectivity index (χ4n) is 3.18. The molecule has 150 valence electrons. The zero-order chi connectivity index (χ0) is 19.8. The Labute approximate surface area is 170 Å². The van der Waals surface area contributed by atoms with Gasteiger partial charge in [-0.25, -0.2) is 0 Å². The molecule has 0 bridgehead atoms. The van der Waals surface area contributed by atoms with E-state index in [9.17, 15) is 19.9 Å². The van der Waals surface area contributed by atoms with Gasteiger partial charge in [0.25, 0.3) is 0 Å². The molecule has 0 radical (unpaired) electrons. The average molecular weight is 411 g/mol. The molecule has 1 heterocycles. The van der Waals surface area contributed by atoms with E-state index in [1.54, 1.807) is 12.1 Å². The number of rotatable bonds is 10. The van der Waals surface area contributed by atoms with Crippen molar-refractivity contribution in [1.82, 2.24) is 5.32 Å². The Balaban J connectivity index is 1.82. The molecular formula is C19H30BNO4S2. The van der Waals surface area contributed by atoms with Crippen LogP contribution < -0.4 is 5.32 Å². The van der Waals surface area contributed by atoms with E-state index in [0.717, 1.165) is 35.6 Å². The number of phenols is 1. The molecule has 1 aromatic carbocycles. The van der Waals surface area contributed by atoms with Crippen molar-refractivity contribution in [3.8, 4) is 5.75 Å². The molecule has 1 unspecified atom stereocenters. The van der Waals surface area contributed by atoms with E-state index in [4.69, 9.17) is 0 Å². The first-order chi connectivity index (χ1) is 12.9. The summed E-state index contributed by atoms with van der Waals surface area (Å²) in [5.74, 6) is 0.709. The van der Waals surface area contributed by atoms with Gasteiger partial charge in [0, 0.05) is 17.4 Å². The molecule has 1 aromatic rings. The summed E-state index contributed by atoms with van der Waals surface area (Å²) in [6.07, 6.45) is 4.94. The highest BCUT2D eigenvalue weighted by Crippen LogP contribution is 2.39. The van der Waals surface area contributed by atoms with E-state index in [1.165, 1.54) is 12.2 Å². The van der Waals surface area contributed by atoms with Gasteiger partial charge < -0.3 is 20.5 Å². The third-order valence-corrected chi connectivity index (χ3v) is 7.79. The maximum absolute atomic E-state index is 12.2. The number of hydrogen-bond donors (Lipinski definition) is 4. The molecule has 1 aliphatic rings. The van der Waals surface area contributed by atoms with E-state index >= 15 is 0 Å². The quantitative estimate of drug-likeness (QED) is 0.269. The molecule has 0 spiro atoms. The molecule has 2 atom stereocenters. The summed E-state index contributed by atoms with van der Waals surface area (Å²) in [6.45, 7) is 3.98. The number of phenolic OH excluding ortho intramolecular Hbond substituents is 1. The van der Waals surface area contributed by atoms with E-state index in [-0.39, 0.29) is 17.6 Å². The van der Waals surface area contributed by atoms with E-state index in [2.05, 4.69) is 5.32 Å². The molecule has 2 rings (SSSR count). The van der Waals surface area contributed by atoms with Gasteiger partial charge in [0.15, 0.2) is 0 Å². The summed E-state index contributed by atoms with van der Waals surface area (Å²) >= 11 is 0. The molecule has 1 saturated heterocycles. The van der Waals surface area contributed by atoms with Crippen molar-refractivity contribution in [3.63, 3.8) is 0 Å². The van der Waals surface area contributed by atoms with Crippen LogP contribution in [0.1, 0.15) is 63.0 Å². The minimum absolute atomic E-state index is 0.149. The lowest BCUT2D eigenvalue weighted by molar-refractivity contribution is -0.121. The fourth-order valence-corrected chi connectivity index (χ4v) is 6.21. The summed E-state index contributed by atoms with van der Waals surface area (Å²) in [7, 11) is 2.25. The molecule has 1 amide bonds. The molecule has 4 N–H and O–H groups in total. The van der Waals surface area contributed by atoms with Crippen LogP contribution in [0.3, 0.4) is 0 Å². The minimum atomic E-state index is -1.63. The van der Waals surface area contributed by atoms with Crippen LogP contribution in [-0.2, 0) is 11.2 Å². The van der Waals surface area contributed by atoms with Gasteiger partial charge in [0.05, 0.1) is 5.94 Å². The van der Waals surface area contributed by atoms with Crippen LogP contribution in [0.4, 0.5) is 0 Å². The lowest BCUT2D eigenvalue weighted by Gasteiger charge is -2.19. The number of amides is 1. The van der Waals surface area contributed by atoms with Crippen LogP contribution >= 0.6 is 21.6 Å². The van der Waals surface area contributed by atoms with Crippen LogP contribution in [0, 0.1) is 0 Å². The number of unbranched alkanes of at least 4 members (excludes halogenated alkanes) is 1. The maximum atomic E-state index is 12.2. The molecule has 1 aliphatic heterocycles. The topological polar surface area (TPSA) is 89.8 Å². The van der Waals surface area contributed by atoms with Crippen molar-refractivity contribution in [2.45, 2.75) is 69.5 Å². The van der Waals surface area contributed by atoms with Crippen molar-refractivity contribution in [3.05, 3.63) is 29.3 Å². The SMILES string of the molecule is CC(C)c1cc(C[C@@H](NC(=O)CCCCC2CCSS2)B(O)O)ccc1O. The lowest BCUT2D eigenvalue weighted by atomic mass is 9.75. The first kappa shape index (κ1) is 22.5. The summed E-state index contributed by atoms with van der Waals surface area (Å²) < 4.78 is 0. The van der Waals surface area contributed by atoms with Crippen LogP contribution in [0.15, 0.2) is 18.2 Å². The largest absolute Gasteiger partial charge is 0.508 e. The first-order valence-corrected chi connectivity index (χ1v) is 12.0. The average Bonchev–Trinajstić information content (AvgIpc) is 3.12. The zero-order valence-electron chi connectivity index (χ0n) is 16.1. The monoisotopic (exact) mass is 411 g/mol. The van der Waals surface area contributed by atoms with Gasteiger partial charge in [-0.3, -0.25) is 4.79 Å². The van der Waals surface area contributed by atoms with Gasteiger partial charge in [0.2, 0.25) is 5.91 Å². The standard InChI is InChI=1S/C19H30BNO4S2/c1-13(2)16-11-14(7-8-17(16)22)12-18(20(24)25)21-19(23)6-4-3-5-15-9-10-26-27-15/h7-8,11,13,15,18,22,24-25H,3-6,9-10,12H2,1-2H3,(H,21,23)/t15?,18-/m1/s1. The zero-order valence-corrected chi connectivity index (χ0v) is 17.7. The number of hydrogen-bond acceptors (Lipinski definition) is 6. The second kappa shape index (κ2) is 11.2. The molecular weight excluding hydrogens is 381 g/mol. The predicted octanol–water partition coefficient (Wildman–Crippen LogP) is 3.27. The Kier molecular flexibility index (Phi) is 9.35. The Morgan fingerprint density at radius 2 is 2.11 bits per heavy atom. The third-order valence-electron chi connectivity index (χ3n) is 4.78. The van der Waals surface area contributed by atoms with Crippen LogP contribution in [0.25, 0.3) is 0 Å². The van der Waals surface area contributed by atoms with E-state index in [0.29, 0.717) is 12.8 Å². The molecule has 8 heteroatoms. The Bertz CT molecular complexity index is 609. The Morgan fingerprint density at radius 1 is 1.33 bits per heavy atom. The molecule has 0 aromatic heterocycles. The number of carbonyl (C=O) groups excluding carboxylic acids is 1. The van der Waals surface area contributed by atoms with Crippen LogP contribution in [0.5, 0.6) is 5.75 Å². The first-order valence-electron chi connectivity index (χ1n) is 9.62. The molecule has 27 heavy (non-hydrogen) atoms. The van der Waals surface area contributed by atoms with E-state index < -0.39 is 13.1 Å². The summed E-state index contributed by atoms with van der Waals surface area (Å²) in [5, 5.41) is 32.7. The van der Waals surface area contributed by atoms with Gasteiger partial charge in [0.1, 0.15) is 5.75 Å². The van der Waals surface area contributed by atoms with Gasteiger partial charge >= 0.3 is 7.12 Å². The minimum Gasteiger partial charge on any atom is -0.508 e. The second-order valence-electron chi connectivity index (χ2n) is 7.41. The highest BCUT2D eigenvalue weighted by atomic mass is 33.1. The normalized spacial score (nSPS) is 17.9. The Hall–Kier alpha value is -0.825. The number of benzene rings is 1. The summed E-state index contributed by atoms with van der Waals surface area (Å²) in [4.78, 5) is 12.2. The number of aromatic hydroxyl groups is 1. The number of carbonyl (C=O) groups is 1. The highest BCUT2D eigenvalue weighted by molar-refractivity contribution is 8.77. The third kappa shape index (κ3) is 7.60. The van der Waals surface area contributed by atoms with Crippen molar-refractivity contribution < 1.29 is 19.9 Å². The van der Waals surface area contributed by atoms with Gasteiger partial charge in [-0.2, -0.15) is 0 Å². The highest BCUT2D eigenvalue weighted by Gasteiger charge is 2.26. The van der Waals surface area contributed by atoms with Gasteiger partial charge in [-0.1, -0.05) is 54.0 Å². The van der Waals surface area contributed by atoms with Gasteiger partial charge in [-0.15, -0.1) is 0 Å². The molecule has 5 nitrogen and oxygen atoms in total. The Morgan fingerprint density at radius 3 is 2.74 bits per heavy atom. The van der Waals surface area contributed by atoms with E-state index in [1.807, 2.05) is 41.5 Å². The number of nitrogens with one attached hydrogen (secondary N) is 1. The molecule has 0 aliphatic carbocycles.